The van der Waals surface area contributed by atoms with Gasteiger partial charge in [-0.25, -0.2) is 0 Å². The van der Waals surface area contributed by atoms with Crippen molar-refractivity contribution in [3.05, 3.63) is 23.2 Å². The van der Waals surface area contributed by atoms with Crippen LogP contribution in [0.2, 0.25) is 0 Å². The van der Waals surface area contributed by atoms with Crippen LogP contribution in [0.25, 0.3) is 0 Å². The van der Waals surface area contributed by atoms with Crippen molar-refractivity contribution in [3.63, 3.8) is 0 Å². The minimum Gasteiger partial charge on any atom is -0.380 e. The van der Waals surface area contributed by atoms with E-state index >= 15 is 0 Å². The van der Waals surface area contributed by atoms with Crippen LogP contribution in [0.4, 0.5) is 0 Å². The van der Waals surface area contributed by atoms with E-state index in [2.05, 4.69) is 44.0 Å². The van der Waals surface area contributed by atoms with E-state index in [0.29, 0.717) is 12.0 Å². The molecule has 1 fully saturated rings. The predicted octanol–water partition coefficient (Wildman–Crippen LogP) is 3.96. The molecule has 1 atom stereocenters. The van der Waals surface area contributed by atoms with Crippen LogP contribution in [-0.2, 0) is 4.74 Å². The van der Waals surface area contributed by atoms with Gasteiger partial charge in [0.1, 0.15) is 0 Å². The average Bonchev–Trinajstić information content (AvgIpc) is 2.81. The zero-order chi connectivity index (χ0) is 17.4. The molecule has 0 saturated carbocycles. The third-order valence-corrected chi connectivity index (χ3v) is 4.26. The summed E-state index contributed by atoms with van der Waals surface area (Å²) < 4.78 is 5.69. The Bertz CT molecular complexity index is 463. The van der Waals surface area contributed by atoms with Gasteiger partial charge in [-0.15, -0.1) is 0 Å². The van der Waals surface area contributed by atoms with Gasteiger partial charge < -0.3 is 15.0 Å². The van der Waals surface area contributed by atoms with Gasteiger partial charge in [0.05, 0.1) is 24.1 Å². The minimum atomic E-state index is 0.400. The first-order valence-corrected chi connectivity index (χ1v) is 9.05. The maximum atomic E-state index is 5.69. The maximum absolute atomic E-state index is 5.69. The molecule has 2 aliphatic heterocycles. The van der Waals surface area contributed by atoms with E-state index in [-0.39, 0.29) is 0 Å². The molecule has 0 aromatic rings. The summed E-state index contributed by atoms with van der Waals surface area (Å²) in [5.41, 5.74) is 4.76. The van der Waals surface area contributed by atoms with Crippen LogP contribution in [0.15, 0.2) is 28.2 Å². The number of fused-ring (bicyclic) bond motifs is 1. The summed E-state index contributed by atoms with van der Waals surface area (Å²) in [4.78, 5) is 7.33. The lowest BCUT2D eigenvalue weighted by Gasteiger charge is -2.39. The number of nitrogens with one attached hydrogen (secondary N) is 1. The molecule has 2 heterocycles. The summed E-state index contributed by atoms with van der Waals surface area (Å²) in [6, 6.07) is 0.451. The van der Waals surface area contributed by atoms with E-state index in [9.17, 15) is 0 Å². The van der Waals surface area contributed by atoms with Gasteiger partial charge >= 0.3 is 0 Å². The second kappa shape index (κ2) is 9.76. The standard InChI is InChI=1S/C17H29N3O.C2H6/c1-6-13(4)19-16(12(2)3)17-14(5)20-8-7-9-21-11-15(20)10-18-17;1-2/h6,12,15,18H,7-11H2,1-5H3;1-2H3/b13-6+,19-16?;. The van der Waals surface area contributed by atoms with Gasteiger partial charge in [-0.05, 0) is 33.1 Å². The molecule has 2 aliphatic rings. The molecule has 0 radical (unpaired) electrons. The van der Waals surface area contributed by atoms with Gasteiger partial charge in [0.25, 0.3) is 0 Å². The highest BCUT2D eigenvalue weighted by Crippen LogP contribution is 2.23. The number of allylic oxidation sites excluding steroid dienone is 4. The Morgan fingerprint density at radius 1 is 1.39 bits per heavy atom. The van der Waals surface area contributed by atoms with E-state index in [0.717, 1.165) is 44.1 Å². The molecule has 0 aliphatic carbocycles. The van der Waals surface area contributed by atoms with Crippen LogP contribution < -0.4 is 5.32 Å². The monoisotopic (exact) mass is 321 g/mol. The average molecular weight is 322 g/mol. The molecular formula is C19H35N3O. The number of aliphatic imine (C=N–C) groups is 1. The van der Waals surface area contributed by atoms with Crippen molar-refractivity contribution < 1.29 is 4.74 Å². The van der Waals surface area contributed by atoms with Gasteiger partial charge in [-0.1, -0.05) is 33.8 Å². The molecule has 0 spiro atoms. The second-order valence-corrected chi connectivity index (χ2v) is 6.20. The molecule has 1 N–H and O–H groups in total. The van der Waals surface area contributed by atoms with Crippen LogP contribution in [0.5, 0.6) is 0 Å². The highest BCUT2D eigenvalue weighted by atomic mass is 16.5. The van der Waals surface area contributed by atoms with E-state index in [1.165, 1.54) is 11.4 Å². The molecule has 132 valence electrons. The quantitative estimate of drug-likeness (QED) is 0.799. The van der Waals surface area contributed by atoms with Gasteiger partial charge in [-0.3, -0.25) is 4.99 Å². The fourth-order valence-corrected chi connectivity index (χ4v) is 2.94. The van der Waals surface area contributed by atoms with Gasteiger partial charge in [-0.2, -0.15) is 0 Å². The van der Waals surface area contributed by atoms with Crippen molar-refractivity contribution >= 4 is 5.71 Å². The molecule has 0 amide bonds. The Kier molecular flexibility index (Phi) is 8.38. The summed E-state index contributed by atoms with van der Waals surface area (Å²) >= 11 is 0. The Morgan fingerprint density at radius 3 is 2.70 bits per heavy atom. The summed E-state index contributed by atoms with van der Waals surface area (Å²) in [7, 11) is 0. The lowest BCUT2D eigenvalue weighted by molar-refractivity contribution is 0.107. The Hall–Kier alpha value is -1.29. The van der Waals surface area contributed by atoms with E-state index in [1.54, 1.807) is 0 Å². The van der Waals surface area contributed by atoms with Crippen molar-refractivity contribution in [2.24, 2.45) is 10.9 Å². The molecular weight excluding hydrogens is 286 g/mol. The lowest BCUT2D eigenvalue weighted by Crippen LogP contribution is -2.50. The van der Waals surface area contributed by atoms with Crippen LogP contribution in [0, 0.1) is 5.92 Å². The number of nitrogens with zero attached hydrogens (tertiary/aromatic N) is 2. The number of rotatable bonds is 3. The largest absolute Gasteiger partial charge is 0.380 e. The zero-order valence-corrected chi connectivity index (χ0v) is 16.1. The van der Waals surface area contributed by atoms with Crippen LogP contribution in [-0.4, -0.2) is 43.0 Å². The lowest BCUT2D eigenvalue weighted by atomic mass is 10.00. The first-order chi connectivity index (χ1) is 11.0. The molecule has 0 aromatic heterocycles. The highest BCUT2D eigenvalue weighted by Gasteiger charge is 2.29. The zero-order valence-electron chi connectivity index (χ0n) is 16.1. The smallest absolute Gasteiger partial charge is 0.0754 e. The van der Waals surface area contributed by atoms with Crippen molar-refractivity contribution in [1.29, 1.82) is 0 Å². The van der Waals surface area contributed by atoms with Crippen LogP contribution >= 0.6 is 0 Å². The number of hydrogen-bond donors (Lipinski definition) is 1. The van der Waals surface area contributed by atoms with Crippen molar-refractivity contribution in [3.8, 4) is 0 Å². The Morgan fingerprint density at radius 2 is 2.09 bits per heavy atom. The first-order valence-electron chi connectivity index (χ1n) is 9.05. The van der Waals surface area contributed by atoms with Crippen molar-refractivity contribution in [2.75, 3.05) is 26.3 Å². The molecule has 0 aromatic carbocycles. The molecule has 1 unspecified atom stereocenters. The summed E-state index contributed by atoms with van der Waals surface area (Å²) in [6.07, 6.45) is 3.16. The molecule has 2 rings (SSSR count). The Balaban J connectivity index is 0.00000127. The van der Waals surface area contributed by atoms with Crippen molar-refractivity contribution in [1.82, 2.24) is 10.2 Å². The third kappa shape index (κ3) is 5.10. The fourth-order valence-electron chi connectivity index (χ4n) is 2.94. The molecule has 4 nitrogen and oxygen atoms in total. The maximum Gasteiger partial charge on any atom is 0.0754 e. The van der Waals surface area contributed by atoms with Gasteiger partial charge in [0, 0.05) is 31.1 Å². The van der Waals surface area contributed by atoms with Gasteiger partial charge in [0.15, 0.2) is 0 Å². The third-order valence-electron chi connectivity index (χ3n) is 4.26. The van der Waals surface area contributed by atoms with E-state index < -0.39 is 0 Å². The normalized spacial score (nSPS) is 23.0. The topological polar surface area (TPSA) is 36.9 Å². The van der Waals surface area contributed by atoms with Crippen LogP contribution in [0.3, 0.4) is 0 Å². The minimum absolute atomic E-state index is 0.400. The van der Waals surface area contributed by atoms with Crippen molar-refractivity contribution in [2.45, 2.75) is 60.9 Å². The highest BCUT2D eigenvalue weighted by molar-refractivity contribution is 6.02. The first kappa shape index (κ1) is 19.8. The number of hydrogen-bond acceptors (Lipinski definition) is 4. The molecule has 1 saturated heterocycles. The summed E-state index contributed by atoms with van der Waals surface area (Å²) in [5, 5.41) is 3.61. The summed E-state index contributed by atoms with van der Waals surface area (Å²) in [6.45, 7) is 18.4. The van der Waals surface area contributed by atoms with E-state index in [4.69, 9.17) is 9.73 Å². The summed E-state index contributed by atoms with van der Waals surface area (Å²) in [5.74, 6) is 0.400. The number of ether oxygens (including phenoxy) is 1. The second-order valence-electron chi connectivity index (χ2n) is 6.20. The predicted molar refractivity (Wildman–Crippen MR) is 99.7 cm³/mol. The van der Waals surface area contributed by atoms with E-state index in [1.807, 2.05) is 20.8 Å². The molecule has 0 bridgehead atoms. The Labute approximate surface area is 142 Å². The van der Waals surface area contributed by atoms with Gasteiger partial charge in [0.2, 0.25) is 0 Å². The van der Waals surface area contributed by atoms with Crippen LogP contribution in [0.1, 0.15) is 54.9 Å². The molecule has 23 heavy (non-hydrogen) atoms. The fraction of sp³-hybridized carbons (Fsp3) is 0.737. The SMILES string of the molecule is C/C=C(\C)N=C(C1=C(C)N2CCCOCC2CN1)C(C)C.CC. The molecule has 4 heteroatoms.